The van der Waals surface area contributed by atoms with Crippen molar-refractivity contribution in [1.82, 2.24) is 0 Å². The second-order valence-corrected chi connectivity index (χ2v) is 7.91. The molecule has 1 N–H and O–H groups in total. The van der Waals surface area contributed by atoms with Crippen LogP contribution in [0.25, 0.3) is 0 Å². The van der Waals surface area contributed by atoms with Gasteiger partial charge in [0.15, 0.2) is 0 Å². The number of anilines is 1. The molecule has 7 nitrogen and oxygen atoms in total. The number of rotatable bonds is 7. The number of hydrogen-bond acceptors (Lipinski definition) is 5. The molecule has 2 rings (SSSR count). The zero-order chi connectivity index (χ0) is 20.0. The van der Waals surface area contributed by atoms with Crippen molar-refractivity contribution in [3.63, 3.8) is 0 Å². The molecule has 0 aliphatic carbocycles. The molecule has 0 aromatic heterocycles. The summed E-state index contributed by atoms with van der Waals surface area (Å²) in [6, 6.07) is 13.4. The molecule has 0 fully saturated rings. The largest absolute Gasteiger partial charge is 0.492 e. The van der Waals surface area contributed by atoms with Gasteiger partial charge in [-0.15, -0.1) is 11.8 Å². The average Bonchev–Trinajstić information content (AvgIpc) is 2.58. The van der Waals surface area contributed by atoms with E-state index in [1.165, 1.54) is 28.8 Å². The number of thioether (sulfide) groups is 1. The van der Waals surface area contributed by atoms with E-state index in [1.807, 2.05) is 39.0 Å². The minimum atomic E-state index is -1.00. The molecular formula is C19H22N2O5S. The number of carboxylic acid groups (broad SMARTS) is 1. The van der Waals surface area contributed by atoms with Crippen LogP contribution in [0.2, 0.25) is 0 Å². The summed E-state index contributed by atoms with van der Waals surface area (Å²) in [7, 11) is 0. The van der Waals surface area contributed by atoms with Crippen molar-refractivity contribution in [2.75, 3.05) is 17.3 Å². The summed E-state index contributed by atoms with van der Waals surface area (Å²) in [5.74, 6) is 1.07. The molecular weight excluding hydrogens is 368 g/mol. The van der Waals surface area contributed by atoms with E-state index >= 15 is 0 Å². The van der Waals surface area contributed by atoms with Crippen molar-refractivity contribution >= 4 is 29.2 Å². The van der Waals surface area contributed by atoms with Gasteiger partial charge in [-0.1, -0.05) is 12.1 Å². The van der Waals surface area contributed by atoms with Crippen LogP contribution in [-0.2, 0) is 0 Å². The average molecular weight is 390 g/mol. The van der Waals surface area contributed by atoms with Gasteiger partial charge >= 0.3 is 6.09 Å². The van der Waals surface area contributed by atoms with Crippen LogP contribution in [0.4, 0.5) is 16.2 Å². The van der Waals surface area contributed by atoms with Gasteiger partial charge in [0.05, 0.1) is 17.6 Å². The van der Waals surface area contributed by atoms with Crippen LogP contribution in [0.3, 0.4) is 0 Å². The molecule has 0 unspecified atom stereocenters. The smallest absolute Gasteiger partial charge is 0.412 e. The highest BCUT2D eigenvalue weighted by Gasteiger charge is 2.27. The Hall–Kier alpha value is -2.74. The van der Waals surface area contributed by atoms with Crippen molar-refractivity contribution in [1.29, 1.82) is 0 Å². The number of non-ortho nitro benzene ring substituents is 1. The summed E-state index contributed by atoms with van der Waals surface area (Å²) < 4.78 is 5.56. The van der Waals surface area contributed by atoms with Crippen LogP contribution in [-0.4, -0.2) is 34.0 Å². The third-order valence-corrected chi connectivity index (χ3v) is 4.55. The zero-order valence-corrected chi connectivity index (χ0v) is 16.2. The van der Waals surface area contributed by atoms with Crippen molar-refractivity contribution in [3.8, 4) is 5.75 Å². The van der Waals surface area contributed by atoms with Crippen molar-refractivity contribution in [2.45, 2.75) is 31.2 Å². The molecule has 0 atom stereocenters. The maximum absolute atomic E-state index is 11.6. The summed E-state index contributed by atoms with van der Waals surface area (Å²) in [6.07, 6.45) is -1.00. The standard InChI is InChI=1S/C19H22N2O5S/c1-19(2,3)20(18(22)23)14-6-5-9-17(13-14)27-11-10-26-16-8-4-7-15(12-16)21(24)25/h4-9,12-13H,10-11H2,1-3H3,(H,22,23). The first-order valence-electron chi connectivity index (χ1n) is 8.32. The van der Waals surface area contributed by atoms with E-state index in [0.717, 1.165) is 4.90 Å². The highest BCUT2D eigenvalue weighted by Crippen LogP contribution is 2.29. The van der Waals surface area contributed by atoms with Crippen LogP contribution in [0.1, 0.15) is 20.8 Å². The number of benzene rings is 2. The summed E-state index contributed by atoms with van der Waals surface area (Å²) in [5, 5.41) is 20.3. The number of ether oxygens (including phenoxy) is 1. The number of nitro groups is 1. The fourth-order valence-electron chi connectivity index (χ4n) is 2.50. The zero-order valence-electron chi connectivity index (χ0n) is 15.4. The van der Waals surface area contributed by atoms with Gasteiger partial charge in [0, 0.05) is 27.9 Å². The third-order valence-electron chi connectivity index (χ3n) is 3.59. The Labute approximate surface area is 162 Å². The Morgan fingerprint density at radius 3 is 2.56 bits per heavy atom. The monoisotopic (exact) mass is 390 g/mol. The Balaban J connectivity index is 1.96. The Morgan fingerprint density at radius 1 is 1.22 bits per heavy atom. The highest BCUT2D eigenvalue weighted by molar-refractivity contribution is 7.99. The lowest BCUT2D eigenvalue weighted by Gasteiger charge is -2.33. The number of carbonyl (C=O) groups is 1. The Morgan fingerprint density at radius 2 is 1.93 bits per heavy atom. The van der Waals surface area contributed by atoms with E-state index in [4.69, 9.17) is 4.74 Å². The van der Waals surface area contributed by atoms with E-state index in [-0.39, 0.29) is 5.69 Å². The molecule has 0 aliphatic rings. The van der Waals surface area contributed by atoms with E-state index < -0.39 is 16.6 Å². The summed E-state index contributed by atoms with van der Waals surface area (Å²) in [5.41, 5.74) is 0.0451. The van der Waals surface area contributed by atoms with Gasteiger partial charge in [0.1, 0.15) is 5.75 Å². The molecule has 0 saturated carbocycles. The normalized spacial score (nSPS) is 11.1. The highest BCUT2D eigenvalue weighted by atomic mass is 32.2. The molecule has 2 aromatic rings. The van der Waals surface area contributed by atoms with Crippen molar-refractivity contribution in [3.05, 3.63) is 58.6 Å². The van der Waals surface area contributed by atoms with Crippen LogP contribution >= 0.6 is 11.8 Å². The van der Waals surface area contributed by atoms with Gasteiger partial charge in [-0.3, -0.25) is 15.0 Å². The minimum absolute atomic E-state index is 0.0104. The fourth-order valence-corrected chi connectivity index (χ4v) is 3.28. The predicted molar refractivity (Wildman–Crippen MR) is 106 cm³/mol. The first-order valence-corrected chi connectivity index (χ1v) is 9.30. The maximum atomic E-state index is 11.6. The fraction of sp³-hybridized carbons (Fsp3) is 0.316. The van der Waals surface area contributed by atoms with Gasteiger partial charge in [0.25, 0.3) is 5.69 Å². The SMILES string of the molecule is CC(C)(C)N(C(=O)O)c1cccc(SCCOc2cccc([N+](=O)[O-])c2)c1. The quantitative estimate of drug-likeness (QED) is 0.308. The van der Waals surface area contributed by atoms with Crippen LogP contribution < -0.4 is 9.64 Å². The molecule has 8 heteroatoms. The lowest BCUT2D eigenvalue weighted by Crippen LogP contribution is -2.45. The van der Waals surface area contributed by atoms with E-state index in [0.29, 0.717) is 23.8 Å². The van der Waals surface area contributed by atoms with Gasteiger partial charge in [-0.25, -0.2) is 4.79 Å². The Kier molecular flexibility index (Phi) is 6.68. The molecule has 144 valence electrons. The number of nitrogens with zero attached hydrogens (tertiary/aromatic N) is 2. The molecule has 0 heterocycles. The molecule has 0 aliphatic heterocycles. The van der Waals surface area contributed by atoms with Crippen molar-refractivity contribution in [2.24, 2.45) is 0 Å². The molecule has 0 radical (unpaired) electrons. The van der Waals surface area contributed by atoms with Gasteiger partial charge in [-0.05, 0) is 45.0 Å². The third kappa shape index (κ3) is 5.89. The van der Waals surface area contributed by atoms with Gasteiger partial charge < -0.3 is 9.84 Å². The summed E-state index contributed by atoms with van der Waals surface area (Å²) >= 11 is 1.53. The van der Waals surface area contributed by atoms with Crippen LogP contribution in [0.5, 0.6) is 5.75 Å². The lowest BCUT2D eigenvalue weighted by molar-refractivity contribution is -0.384. The van der Waals surface area contributed by atoms with Gasteiger partial charge in [-0.2, -0.15) is 0 Å². The molecule has 0 saturated heterocycles. The lowest BCUT2D eigenvalue weighted by atomic mass is 10.1. The van der Waals surface area contributed by atoms with E-state index in [9.17, 15) is 20.0 Å². The molecule has 27 heavy (non-hydrogen) atoms. The van der Waals surface area contributed by atoms with Gasteiger partial charge in [0.2, 0.25) is 0 Å². The maximum Gasteiger partial charge on any atom is 0.412 e. The molecule has 0 bridgehead atoms. The molecule has 1 amide bonds. The number of amides is 1. The number of hydrogen-bond donors (Lipinski definition) is 1. The topological polar surface area (TPSA) is 92.9 Å². The van der Waals surface area contributed by atoms with Crippen LogP contribution in [0, 0.1) is 10.1 Å². The summed E-state index contributed by atoms with van der Waals surface area (Å²) in [6.45, 7) is 5.90. The second kappa shape index (κ2) is 8.77. The van der Waals surface area contributed by atoms with E-state index in [2.05, 4.69) is 0 Å². The first-order chi connectivity index (χ1) is 12.7. The molecule has 0 spiro atoms. The first kappa shape index (κ1) is 20.6. The van der Waals surface area contributed by atoms with Crippen molar-refractivity contribution < 1.29 is 19.6 Å². The van der Waals surface area contributed by atoms with E-state index in [1.54, 1.807) is 18.2 Å². The van der Waals surface area contributed by atoms with Crippen LogP contribution in [0.15, 0.2) is 53.4 Å². The summed E-state index contributed by atoms with van der Waals surface area (Å²) in [4.78, 5) is 24.2. The second-order valence-electron chi connectivity index (χ2n) is 6.74. The Bertz CT molecular complexity index is 820. The number of nitro benzene ring substituents is 1. The minimum Gasteiger partial charge on any atom is -0.492 e. The molecule has 2 aromatic carbocycles. The predicted octanol–water partition coefficient (Wildman–Crippen LogP) is 5.05.